The fourth-order valence-electron chi connectivity index (χ4n) is 0.232. The van der Waals surface area contributed by atoms with Gasteiger partial charge in [0.05, 0.1) is 6.61 Å². The predicted molar refractivity (Wildman–Crippen MR) is 25.7 cm³/mol. The van der Waals surface area contributed by atoms with Gasteiger partial charge in [-0.2, -0.15) is 0 Å². The summed E-state index contributed by atoms with van der Waals surface area (Å²) in [6.07, 6.45) is 0.656. The average Bonchev–Trinajstić information content (AvgIpc) is 1.68. The standard InChI is InChI=1S/C5H8O2/c1-5(3-6)4-7-2/h1,3,5H,4H2,2H3/t5-/m1/s1. The summed E-state index contributed by atoms with van der Waals surface area (Å²) < 4.78 is 4.54. The maximum atomic E-state index is 9.69. The molecule has 1 atom stereocenters. The van der Waals surface area contributed by atoms with E-state index in [0.717, 1.165) is 0 Å². The van der Waals surface area contributed by atoms with E-state index in [9.17, 15) is 4.79 Å². The van der Waals surface area contributed by atoms with Crippen molar-refractivity contribution in [2.75, 3.05) is 13.7 Å². The molecule has 0 aromatic rings. The third kappa shape index (κ3) is 3.46. The van der Waals surface area contributed by atoms with Crippen LogP contribution in [0.1, 0.15) is 0 Å². The van der Waals surface area contributed by atoms with Gasteiger partial charge in [-0.3, -0.25) is 0 Å². The summed E-state index contributed by atoms with van der Waals surface area (Å²) in [6, 6.07) is 0. The molecule has 0 fully saturated rings. The molecule has 0 rings (SSSR count). The third-order valence-corrected chi connectivity index (χ3v) is 0.534. The first-order valence-corrected chi connectivity index (χ1v) is 2.01. The molecule has 0 aliphatic carbocycles. The lowest BCUT2D eigenvalue weighted by Gasteiger charge is -1.96. The molecule has 0 aliphatic rings. The average molecular weight is 100 g/mol. The van der Waals surface area contributed by atoms with Crippen molar-refractivity contribution < 1.29 is 9.53 Å². The molecule has 0 saturated carbocycles. The fourth-order valence-corrected chi connectivity index (χ4v) is 0.232. The van der Waals surface area contributed by atoms with Crippen LogP contribution in [0.15, 0.2) is 0 Å². The van der Waals surface area contributed by atoms with Crippen LogP contribution in [0.4, 0.5) is 0 Å². The lowest BCUT2D eigenvalue weighted by atomic mass is 10.2. The number of ether oxygens (including phenoxy) is 1. The molecule has 0 heterocycles. The fraction of sp³-hybridized carbons (Fsp3) is 0.600. The summed E-state index contributed by atoms with van der Waals surface area (Å²) >= 11 is 0. The lowest BCUT2D eigenvalue weighted by molar-refractivity contribution is -0.111. The Bertz CT molecular complexity index is 52.0. The van der Waals surface area contributed by atoms with Gasteiger partial charge in [0.2, 0.25) is 0 Å². The Morgan fingerprint density at radius 3 is 2.71 bits per heavy atom. The molecule has 2 radical (unpaired) electrons. The van der Waals surface area contributed by atoms with E-state index in [2.05, 4.69) is 4.74 Å². The monoisotopic (exact) mass is 100 g/mol. The minimum absolute atomic E-state index is 0.309. The maximum Gasteiger partial charge on any atom is 0.125 e. The molecule has 2 nitrogen and oxygen atoms in total. The Morgan fingerprint density at radius 2 is 2.57 bits per heavy atom. The van der Waals surface area contributed by atoms with Crippen LogP contribution in [0.2, 0.25) is 0 Å². The first-order valence-electron chi connectivity index (χ1n) is 2.01. The molecule has 0 saturated heterocycles. The SMILES string of the molecule is [CH][C@H](C=O)COC. The van der Waals surface area contributed by atoms with Crippen LogP contribution < -0.4 is 0 Å². The van der Waals surface area contributed by atoms with Crippen LogP contribution in [0.5, 0.6) is 0 Å². The molecule has 0 aliphatic heterocycles. The van der Waals surface area contributed by atoms with Crippen molar-refractivity contribution >= 4 is 6.29 Å². The Hall–Kier alpha value is -0.370. The molecule has 0 bridgehead atoms. The van der Waals surface area contributed by atoms with Crippen molar-refractivity contribution in [3.8, 4) is 0 Å². The third-order valence-electron chi connectivity index (χ3n) is 0.534. The number of methoxy groups -OCH3 is 1. The molecule has 0 amide bonds. The van der Waals surface area contributed by atoms with Gasteiger partial charge in [-0.15, -0.1) is 0 Å². The van der Waals surface area contributed by atoms with Crippen molar-refractivity contribution in [2.45, 2.75) is 0 Å². The largest absolute Gasteiger partial charge is 0.384 e. The molecule has 40 valence electrons. The molecule has 0 unspecified atom stereocenters. The van der Waals surface area contributed by atoms with Gasteiger partial charge in [-0.1, -0.05) is 0 Å². The predicted octanol–water partition coefficient (Wildman–Crippen LogP) is 0.159. The minimum Gasteiger partial charge on any atom is -0.384 e. The minimum atomic E-state index is -0.454. The number of rotatable bonds is 3. The number of hydrogen-bond donors (Lipinski definition) is 0. The highest BCUT2D eigenvalue weighted by atomic mass is 16.5. The van der Waals surface area contributed by atoms with E-state index in [4.69, 9.17) is 6.92 Å². The van der Waals surface area contributed by atoms with Crippen LogP contribution in [-0.4, -0.2) is 20.0 Å². The Balaban J connectivity index is 2.98. The number of carbonyl (C=O) groups is 1. The summed E-state index contributed by atoms with van der Waals surface area (Å²) in [5, 5.41) is 0. The lowest BCUT2D eigenvalue weighted by Crippen LogP contribution is -2.03. The second-order valence-electron chi connectivity index (χ2n) is 1.26. The molecule has 2 heteroatoms. The molecule has 0 aromatic heterocycles. The maximum absolute atomic E-state index is 9.69. The van der Waals surface area contributed by atoms with E-state index in [1.807, 2.05) is 0 Å². The van der Waals surface area contributed by atoms with E-state index in [1.165, 1.54) is 7.11 Å². The molecular formula is C5H8O2. The summed E-state index contributed by atoms with van der Waals surface area (Å²) in [5.74, 6) is -0.454. The zero-order chi connectivity index (χ0) is 5.70. The van der Waals surface area contributed by atoms with Gasteiger partial charge in [0.15, 0.2) is 0 Å². The van der Waals surface area contributed by atoms with Crippen molar-refractivity contribution in [1.29, 1.82) is 0 Å². The zero-order valence-electron chi connectivity index (χ0n) is 4.26. The van der Waals surface area contributed by atoms with Crippen molar-refractivity contribution in [1.82, 2.24) is 0 Å². The van der Waals surface area contributed by atoms with Crippen molar-refractivity contribution in [3.05, 3.63) is 6.92 Å². The first kappa shape index (κ1) is 6.63. The van der Waals surface area contributed by atoms with Crippen LogP contribution in [0.25, 0.3) is 0 Å². The van der Waals surface area contributed by atoms with Crippen LogP contribution >= 0.6 is 0 Å². The van der Waals surface area contributed by atoms with E-state index in [1.54, 1.807) is 0 Å². The van der Waals surface area contributed by atoms with Gasteiger partial charge in [0.25, 0.3) is 0 Å². The molecule has 0 N–H and O–H groups in total. The highest BCUT2D eigenvalue weighted by Crippen LogP contribution is 1.85. The van der Waals surface area contributed by atoms with E-state index >= 15 is 0 Å². The highest BCUT2D eigenvalue weighted by Gasteiger charge is 1.94. The first-order chi connectivity index (χ1) is 3.31. The van der Waals surface area contributed by atoms with E-state index in [0.29, 0.717) is 12.9 Å². The molecule has 0 aromatic carbocycles. The Morgan fingerprint density at radius 1 is 2.00 bits per heavy atom. The summed E-state index contributed by atoms with van der Waals surface area (Å²) in [6.45, 7) is 5.40. The highest BCUT2D eigenvalue weighted by molar-refractivity contribution is 5.54. The van der Waals surface area contributed by atoms with Gasteiger partial charge in [-0.05, 0) is 6.92 Å². The molecule has 7 heavy (non-hydrogen) atoms. The molecule has 0 spiro atoms. The summed E-state index contributed by atoms with van der Waals surface area (Å²) in [7, 11) is 1.50. The van der Waals surface area contributed by atoms with Gasteiger partial charge in [0, 0.05) is 13.0 Å². The second kappa shape index (κ2) is 3.81. The smallest absolute Gasteiger partial charge is 0.125 e. The van der Waals surface area contributed by atoms with E-state index in [-0.39, 0.29) is 0 Å². The second-order valence-corrected chi connectivity index (χ2v) is 1.26. The van der Waals surface area contributed by atoms with Gasteiger partial charge in [-0.25, -0.2) is 0 Å². The van der Waals surface area contributed by atoms with Gasteiger partial charge in [0.1, 0.15) is 6.29 Å². The topological polar surface area (TPSA) is 26.3 Å². The van der Waals surface area contributed by atoms with Crippen LogP contribution in [-0.2, 0) is 9.53 Å². The summed E-state index contributed by atoms with van der Waals surface area (Å²) in [4.78, 5) is 9.69. The zero-order valence-corrected chi connectivity index (χ0v) is 4.26. The number of hydrogen-bond acceptors (Lipinski definition) is 2. The molecular weight excluding hydrogens is 92.1 g/mol. The quantitative estimate of drug-likeness (QED) is 0.472. The number of carbonyl (C=O) groups excluding carboxylic acids is 1. The van der Waals surface area contributed by atoms with Crippen molar-refractivity contribution in [3.63, 3.8) is 0 Å². The van der Waals surface area contributed by atoms with Gasteiger partial charge < -0.3 is 9.53 Å². The normalized spacial score (nSPS) is 13.4. The van der Waals surface area contributed by atoms with E-state index < -0.39 is 5.92 Å². The summed E-state index contributed by atoms with van der Waals surface area (Å²) in [5.41, 5.74) is 0. The van der Waals surface area contributed by atoms with Gasteiger partial charge >= 0.3 is 0 Å². The number of aldehydes is 1. The van der Waals surface area contributed by atoms with Crippen molar-refractivity contribution in [2.24, 2.45) is 5.92 Å². The van der Waals surface area contributed by atoms with Crippen LogP contribution in [0, 0.1) is 12.8 Å². The Labute approximate surface area is 43.5 Å². The van der Waals surface area contributed by atoms with Crippen LogP contribution in [0.3, 0.4) is 0 Å². The Kier molecular flexibility index (Phi) is 3.61.